The quantitative estimate of drug-likeness (QED) is 0.0428. The van der Waals surface area contributed by atoms with Gasteiger partial charge in [0.2, 0.25) is 0 Å². The Labute approximate surface area is 307 Å². The number of carbonyl (C=O) groups excluding carboxylic acids is 2. The Morgan fingerprint density at radius 3 is 1.85 bits per heavy atom. The fourth-order valence-corrected chi connectivity index (χ4v) is 6.65. The summed E-state index contributed by atoms with van der Waals surface area (Å²) in [7, 11) is -4.85. The number of ether oxygens (including phenoxy) is 3. The minimum atomic E-state index is -4.85. The second kappa shape index (κ2) is 26.4. The third-order valence-electron chi connectivity index (χ3n) is 8.99. The van der Waals surface area contributed by atoms with Crippen LogP contribution in [0.1, 0.15) is 148 Å². The molecule has 1 aromatic heterocycles. The fraction of sp³-hybridized carbons (Fsp3) is 0.833. The van der Waals surface area contributed by atoms with E-state index in [0.29, 0.717) is 12.8 Å². The SMILES string of the molecule is CCCCCCCCCCCC(=O)OC[C@@H](COP(=O)(O)OC[C@H]1O[C@@H](n2ccc(=O)[nH]c2=O)[C@@H](O)C1O)OC(=O)CCCCCCCCCCC. The first-order valence-electron chi connectivity index (χ1n) is 19.3. The maximum Gasteiger partial charge on any atom is 0.472 e. The number of rotatable bonds is 30. The molecule has 0 spiro atoms. The number of hydrogen-bond acceptors (Lipinski definition) is 12. The summed E-state index contributed by atoms with van der Waals surface area (Å²) >= 11 is 0. The van der Waals surface area contributed by atoms with Crippen LogP contribution in [-0.4, -0.2) is 80.8 Å². The highest BCUT2D eigenvalue weighted by molar-refractivity contribution is 7.47. The normalized spacial score (nSPS) is 20.4. The molecule has 1 aliphatic heterocycles. The van der Waals surface area contributed by atoms with Gasteiger partial charge in [-0.2, -0.15) is 0 Å². The number of nitrogens with zero attached hydrogens (tertiary/aromatic N) is 1. The van der Waals surface area contributed by atoms with Gasteiger partial charge in [-0.25, -0.2) is 9.36 Å². The van der Waals surface area contributed by atoms with E-state index in [-0.39, 0.29) is 19.4 Å². The number of aliphatic hydroxyl groups excluding tert-OH is 2. The first-order chi connectivity index (χ1) is 25.0. The molecule has 2 heterocycles. The van der Waals surface area contributed by atoms with Crippen LogP contribution in [0.3, 0.4) is 0 Å². The molecule has 4 N–H and O–H groups in total. The Bertz CT molecular complexity index is 1310. The van der Waals surface area contributed by atoms with Crippen molar-refractivity contribution in [2.45, 2.75) is 173 Å². The minimum absolute atomic E-state index is 0.130. The number of phosphoric ester groups is 1. The van der Waals surface area contributed by atoms with Gasteiger partial charge in [-0.1, -0.05) is 117 Å². The Balaban J connectivity index is 1.84. The van der Waals surface area contributed by atoms with Crippen molar-refractivity contribution in [3.8, 4) is 0 Å². The van der Waals surface area contributed by atoms with E-state index >= 15 is 0 Å². The standard InChI is InChI=1S/C36H63N2O13P/c1-3-5-7-9-11-13-15-17-19-21-31(40)47-25-28(50-32(41)22-20-18-16-14-12-10-8-6-4-2)26-48-52(45,46)49-27-29-33(42)34(43)35(51-29)38-24-23-30(39)37-36(38)44/h23-24,28-29,33-35,42-43H,3-22,25-27H2,1-2H3,(H,45,46)(H,37,39,44)/t28-,29+,33?,34-,35+/m0/s1. The summed E-state index contributed by atoms with van der Waals surface area (Å²) in [5.74, 6) is -1.03. The zero-order valence-corrected chi connectivity index (χ0v) is 32.0. The zero-order chi connectivity index (χ0) is 38.2. The van der Waals surface area contributed by atoms with Gasteiger partial charge in [0.05, 0.1) is 13.2 Å². The smallest absolute Gasteiger partial charge is 0.462 e. The lowest BCUT2D eigenvalue weighted by atomic mass is 10.1. The molecule has 300 valence electrons. The second-order valence-corrected chi connectivity index (χ2v) is 15.0. The number of carbonyl (C=O) groups is 2. The van der Waals surface area contributed by atoms with Gasteiger partial charge in [-0.15, -0.1) is 0 Å². The van der Waals surface area contributed by atoms with Crippen molar-refractivity contribution in [1.82, 2.24) is 9.55 Å². The van der Waals surface area contributed by atoms with Crippen molar-refractivity contribution in [3.05, 3.63) is 33.1 Å². The van der Waals surface area contributed by atoms with E-state index in [9.17, 15) is 38.8 Å². The summed E-state index contributed by atoms with van der Waals surface area (Å²) in [6, 6.07) is 1.03. The molecule has 0 amide bonds. The zero-order valence-electron chi connectivity index (χ0n) is 31.1. The van der Waals surface area contributed by atoms with Crippen molar-refractivity contribution in [1.29, 1.82) is 0 Å². The number of aliphatic hydroxyl groups is 2. The van der Waals surface area contributed by atoms with Gasteiger partial charge in [0.25, 0.3) is 5.56 Å². The Morgan fingerprint density at radius 2 is 1.31 bits per heavy atom. The minimum Gasteiger partial charge on any atom is -0.462 e. The van der Waals surface area contributed by atoms with Crippen molar-refractivity contribution in [3.63, 3.8) is 0 Å². The van der Waals surface area contributed by atoms with Crippen LogP contribution in [0, 0.1) is 0 Å². The predicted octanol–water partition coefficient (Wildman–Crippen LogP) is 5.59. The monoisotopic (exact) mass is 762 g/mol. The van der Waals surface area contributed by atoms with Crippen LogP contribution in [0.4, 0.5) is 0 Å². The van der Waals surface area contributed by atoms with Gasteiger partial charge in [0, 0.05) is 25.1 Å². The first kappa shape index (κ1) is 45.8. The molecule has 0 radical (unpaired) electrons. The molecule has 1 fully saturated rings. The van der Waals surface area contributed by atoms with Crippen molar-refractivity contribution >= 4 is 19.8 Å². The van der Waals surface area contributed by atoms with E-state index in [2.05, 4.69) is 13.8 Å². The molecule has 0 aromatic carbocycles. The molecule has 0 saturated carbocycles. The van der Waals surface area contributed by atoms with Crippen LogP contribution < -0.4 is 11.2 Å². The Hall–Kier alpha value is -2.39. The van der Waals surface area contributed by atoms with Crippen molar-refractivity contribution < 1.29 is 52.5 Å². The van der Waals surface area contributed by atoms with Crippen molar-refractivity contribution in [2.75, 3.05) is 19.8 Å². The number of aromatic nitrogens is 2. The van der Waals surface area contributed by atoms with Crippen LogP contribution in [0.5, 0.6) is 0 Å². The lowest BCUT2D eigenvalue weighted by molar-refractivity contribution is -0.161. The van der Waals surface area contributed by atoms with E-state index in [1.54, 1.807) is 0 Å². The summed E-state index contributed by atoms with van der Waals surface area (Å²) < 4.78 is 40.0. The van der Waals surface area contributed by atoms with Gasteiger partial charge in [-0.3, -0.25) is 33.0 Å². The number of H-pyrrole nitrogens is 1. The lowest BCUT2D eigenvalue weighted by Crippen LogP contribution is -2.37. The Kier molecular flexibility index (Phi) is 23.2. The van der Waals surface area contributed by atoms with E-state index in [1.807, 2.05) is 4.98 Å². The number of aromatic amines is 1. The number of hydrogen-bond donors (Lipinski definition) is 4. The maximum absolute atomic E-state index is 12.8. The average molecular weight is 763 g/mol. The summed E-state index contributed by atoms with van der Waals surface area (Å²) in [6.07, 6.45) is 13.7. The highest BCUT2D eigenvalue weighted by atomic mass is 31.2. The molecule has 1 saturated heterocycles. The molecular formula is C36H63N2O13P. The number of nitrogens with one attached hydrogen (secondary N) is 1. The van der Waals surface area contributed by atoms with E-state index in [0.717, 1.165) is 55.4 Å². The summed E-state index contributed by atoms with van der Waals surface area (Å²) in [5, 5.41) is 20.8. The van der Waals surface area contributed by atoms with Gasteiger partial charge >= 0.3 is 25.5 Å². The molecule has 2 rings (SSSR count). The van der Waals surface area contributed by atoms with Gasteiger partial charge < -0.3 is 29.3 Å². The molecule has 15 nitrogen and oxygen atoms in total. The van der Waals surface area contributed by atoms with Gasteiger partial charge in [0.1, 0.15) is 24.9 Å². The molecule has 2 unspecified atom stereocenters. The predicted molar refractivity (Wildman–Crippen MR) is 194 cm³/mol. The van der Waals surface area contributed by atoms with Crippen LogP contribution in [0.25, 0.3) is 0 Å². The second-order valence-electron chi connectivity index (χ2n) is 13.6. The summed E-state index contributed by atoms with van der Waals surface area (Å²) in [4.78, 5) is 60.9. The third kappa shape index (κ3) is 19.1. The van der Waals surface area contributed by atoms with Gasteiger partial charge in [0.15, 0.2) is 12.3 Å². The largest absolute Gasteiger partial charge is 0.472 e. The molecule has 0 bridgehead atoms. The molecule has 0 aliphatic carbocycles. The van der Waals surface area contributed by atoms with Crippen LogP contribution in [-0.2, 0) is 37.4 Å². The highest BCUT2D eigenvalue weighted by Crippen LogP contribution is 2.44. The van der Waals surface area contributed by atoms with Crippen LogP contribution >= 0.6 is 7.82 Å². The van der Waals surface area contributed by atoms with E-state index in [1.165, 1.54) is 64.2 Å². The molecule has 1 aromatic rings. The summed E-state index contributed by atoms with van der Waals surface area (Å²) in [5.41, 5.74) is -1.57. The lowest BCUT2D eigenvalue weighted by Gasteiger charge is -2.21. The number of phosphoric acid groups is 1. The van der Waals surface area contributed by atoms with Crippen LogP contribution in [0.2, 0.25) is 0 Å². The molecule has 52 heavy (non-hydrogen) atoms. The molecule has 1 aliphatic rings. The number of unbranched alkanes of at least 4 members (excludes halogenated alkanes) is 16. The van der Waals surface area contributed by atoms with Crippen LogP contribution in [0.15, 0.2) is 21.9 Å². The average Bonchev–Trinajstić information content (AvgIpc) is 3.39. The topological polar surface area (TPSA) is 213 Å². The van der Waals surface area contributed by atoms with E-state index in [4.69, 9.17) is 23.3 Å². The van der Waals surface area contributed by atoms with E-state index < -0.39 is 74.9 Å². The number of esters is 2. The summed E-state index contributed by atoms with van der Waals surface area (Å²) in [6.45, 7) is 2.63. The van der Waals surface area contributed by atoms with Crippen molar-refractivity contribution in [2.24, 2.45) is 0 Å². The molecule has 16 heteroatoms. The van der Waals surface area contributed by atoms with Gasteiger partial charge in [-0.05, 0) is 12.8 Å². The molecular weight excluding hydrogens is 699 g/mol. The maximum atomic E-state index is 12.8. The third-order valence-corrected chi connectivity index (χ3v) is 9.94. The first-order valence-corrected chi connectivity index (χ1v) is 20.8. The Morgan fingerprint density at radius 1 is 0.788 bits per heavy atom. The molecule has 6 atom stereocenters. The highest BCUT2D eigenvalue weighted by Gasteiger charge is 2.45. The fourth-order valence-electron chi connectivity index (χ4n) is 5.89.